The van der Waals surface area contributed by atoms with Crippen molar-refractivity contribution in [2.45, 2.75) is 31.5 Å². The first-order chi connectivity index (χ1) is 13.9. The fourth-order valence-corrected chi connectivity index (χ4v) is 3.70. The molecular formula is C21H17F4N3O. The average Bonchev–Trinajstić information content (AvgIpc) is 3.13. The minimum Gasteiger partial charge on any atom is -0.345 e. The van der Waals surface area contributed by atoms with Gasteiger partial charge in [0.1, 0.15) is 11.5 Å². The van der Waals surface area contributed by atoms with E-state index < -0.39 is 35.1 Å². The van der Waals surface area contributed by atoms with Crippen LogP contribution in [0.2, 0.25) is 0 Å². The van der Waals surface area contributed by atoms with E-state index in [0.717, 1.165) is 17.8 Å². The molecule has 0 saturated carbocycles. The molecule has 0 unspecified atom stereocenters. The van der Waals surface area contributed by atoms with Gasteiger partial charge in [-0.1, -0.05) is 24.3 Å². The van der Waals surface area contributed by atoms with Crippen molar-refractivity contribution < 1.29 is 22.4 Å². The van der Waals surface area contributed by atoms with Crippen LogP contribution < -0.4 is 5.32 Å². The first-order valence-electron chi connectivity index (χ1n) is 9.15. The normalized spacial score (nSPS) is 16.3. The van der Waals surface area contributed by atoms with Crippen molar-refractivity contribution in [3.63, 3.8) is 0 Å². The molecule has 1 heterocycles. The van der Waals surface area contributed by atoms with Crippen molar-refractivity contribution in [3.05, 3.63) is 82.9 Å². The molecule has 1 aromatic heterocycles. The molecule has 0 radical (unpaired) electrons. The lowest BCUT2D eigenvalue weighted by Crippen LogP contribution is -2.32. The SMILES string of the molecule is O=C(N[C@H]1CCCc2c1cnn2-c1ccccc1F)c1ccccc1C(F)(F)F. The monoisotopic (exact) mass is 403 g/mol. The van der Waals surface area contributed by atoms with Crippen molar-refractivity contribution in [2.24, 2.45) is 0 Å². The van der Waals surface area contributed by atoms with E-state index >= 15 is 0 Å². The molecular weight excluding hydrogens is 386 g/mol. The Kier molecular flexibility index (Phi) is 4.86. The molecule has 1 aliphatic rings. The highest BCUT2D eigenvalue weighted by atomic mass is 19.4. The highest BCUT2D eigenvalue weighted by molar-refractivity contribution is 5.96. The van der Waals surface area contributed by atoms with Crippen LogP contribution in [-0.4, -0.2) is 15.7 Å². The average molecular weight is 403 g/mol. The van der Waals surface area contributed by atoms with Gasteiger partial charge in [0.15, 0.2) is 0 Å². The Morgan fingerprint density at radius 1 is 1.10 bits per heavy atom. The summed E-state index contributed by atoms with van der Waals surface area (Å²) in [5.41, 5.74) is 0.334. The number of benzene rings is 2. The molecule has 1 atom stereocenters. The Morgan fingerprint density at radius 3 is 2.59 bits per heavy atom. The molecule has 4 rings (SSSR count). The number of alkyl halides is 3. The Labute approximate surface area is 164 Å². The number of nitrogens with one attached hydrogen (secondary N) is 1. The predicted molar refractivity (Wildman–Crippen MR) is 98.1 cm³/mol. The van der Waals surface area contributed by atoms with Crippen LogP contribution in [0.15, 0.2) is 54.7 Å². The van der Waals surface area contributed by atoms with Crippen molar-refractivity contribution in [1.82, 2.24) is 15.1 Å². The van der Waals surface area contributed by atoms with E-state index in [1.54, 1.807) is 24.4 Å². The number of hydrogen-bond donors (Lipinski definition) is 1. The molecule has 29 heavy (non-hydrogen) atoms. The van der Waals surface area contributed by atoms with Gasteiger partial charge in [-0.3, -0.25) is 4.79 Å². The fourth-order valence-electron chi connectivity index (χ4n) is 3.70. The second kappa shape index (κ2) is 7.35. The van der Waals surface area contributed by atoms with E-state index in [2.05, 4.69) is 10.4 Å². The summed E-state index contributed by atoms with van der Waals surface area (Å²) >= 11 is 0. The molecule has 4 nitrogen and oxygen atoms in total. The quantitative estimate of drug-likeness (QED) is 0.637. The van der Waals surface area contributed by atoms with Crippen LogP contribution in [0.1, 0.15) is 46.1 Å². The number of fused-ring (bicyclic) bond motifs is 1. The van der Waals surface area contributed by atoms with Crippen LogP contribution in [0.25, 0.3) is 5.69 Å². The van der Waals surface area contributed by atoms with Crippen LogP contribution in [0, 0.1) is 5.82 Å². The van der Waals surface area contributed by atoms with Gasteiger partial charge in [0, 0.05) is 11.3 Å². The third-order valence-electron chi connectivity index (χ3n) is 5.05. The summed E-state index contributed by atoms with van der Waals surface area (Å²) in [6, 6.07) is 10.4. The summed E-state index contributed by atoms with van der Waals surface area (Å²) in [5.74, 6) is -1.22. The number of carbonyl (C=O) groups excluding carboxylic acids is 1. The van der Waals surface area contributed by atoms with Crippen molar-refractivity contribution in [2.75, 3.05) is 0 Å². The van der Waals surface area contributed by atoms with Crippen LogP contribution in [0.4, 0.5) is 17.6 Å². The Hall–Kier alpha value is -3.16. The molecule has 0 spiro atoms. The van der Waals surface area contributed by atoms with Gasteiger partial charge in [-0.05, 0) is 43.5 Å². The minimum absolute atomic E-state index is 0.295. The molecule has 3 aromatic rings. The smallest absolute Gasteiger partial charge is 0.345 e. The molecule has 8 heteroatoms. The number of halogens is 4. The molecule has 0 saturated heterocycles. The van der Waals surface area contributed by atoms with E-state index in [9.17, 15) is 22.4 Å². The maximum Gasteiger partial charge on any atom is 0.417 e. The molecule has 1 amide bonds. The Morgan fingerprint density at radius 2 is 1.83 bits per heavy atom. The summed E-state index contributed by atoms with van der Waals surface area (Å²) in [6.45, 7) is 0. The maximum atomic E-state index is 14.2. The summed E-state index contributed by atoms with van der Waals surface area (Å²) < 4.78 is 55.3. The second-order valence-electron chi connectivity index (χ2n) is 6.87. The highest BCUT2D eigenvalue weighted by Gasteiger charge is 2.36. The van der Waals surface area contributed by atoms with E-state index in [4.69, 9.17) is 0 Å². The largest absolute Gasteiger partial charge is 0.417 e. The van der Waals surface area contributed by atoms with Crippen LogP contribution in [0.3, 0.4) is 0 Å². The van der Waals surface area contributed by atoms with Crippen LogP contribution >= 0.6 is 0 Å². The van der Waals surface area contributed by atoms with E-state index in [0.29, 0.717) is 30.5 Å². The molecule has 0 aliphatic heterocycles. The molecule has 1 aliphatic carbocycles. The lowest BCUT2D eigenvalue weighted by atomic mass is 9.92. The highest BCUT2D eigenvalue weighted by Crippen LogP contribution is 2.34. The first-order valence-corrected chi connectivity index (χ1v) is 9.15. The van der Waals surface area contributed by atoms with Gasteiger partial charge >= 0.3 is 6.18 Å². The Balaban J connectivity index is 1.64. The first kappa shape index (κ1) is 19.2. The van der Waals surface area contributed by atoms with Crippen molar-refractivity contribution in [1.29, 1.82) is 0 Å². The molecule has 0 bridgehead atoms. The lowest BCUT2D eigenvalue weighted by molar-refractivity contribution is -0.137. The number of nitrogens with zero attached hydrogens (tertiary/aromatic N) is 2. The van der Waals surface area contributed by atoms with Gasteiger partial charge in [-0.15, -0.1) is 0 Å². The summed E-state index contributed by atoms with van der Waals surface area (Å²) in [5, 5.41) is 6.96. The van der Waals surface area contributed by atoms with Crippen molar-refractivity contribution in [3.8, 4) is 5.69 Å². The van der Waals surface area contributed by atoms with Gasteiger partial charge in [-0.25, -0.2) is 9.07 Å². The number of rotatable bonds is 3. The van der Waals surface area contributed by atoms with Crippen molar-refractivity contribution >= 4 is 5.91 Å². The van der Waals surface area contributed by atoms with E-state index in [-0.39, 0.29) is 0 Å². The molecule has 2 aromatic carbocycles. The van der Waals surface area contributed by atoms with Crippen LogP contribution in [-0.2, 0) is 12.6 Å². The van der Waals surface area contributed by atoms with Gasteiger partial charge in [0.05, 0.1) is 23.4 Å². The molecule has 0 fully saturated rings. The zero-order valence-electron chi connectivity index (χ0n) is 15.2. The summed E-state index contributed by atoms with van der Waals surface area (Å²) in [7, 11) is 0. The van der Waals surface area contributed by atoms with Gasteiger partial charge < -0.3 is 5.32 Å². The lowest BCUT2D eigenvalue weighted by Gasteiger charge is -2.25. The van der Waals surface area contributed by atoms with E-state index in [1.807, 2.05) is 0 Å². The van der Waals surface area contributed by atoms with Gasteiger partial charge in [0.25, 0.3) is 5.91 Å². The van der Waals surface area contributed by atoms with Gasteiger partial charge in [0.2, 0.25) is 0 Å². The maximum absolute atomic E-state index is 14.2. The summed E-state index contributed by atoms with van der Waals surface area (Å²) in [4.78, 5) is 12.6. The second-order valence-corrected chi connectivity index (χ2v) is 6.87. The minimum atomic E-state index is -4.62. The molecule has 150 valence electrons. The number of carbonyl (C=O) groups is 1. The third-order valence-corrected chi connectivity index (χ3v) is 5.05. The predicted octanol–water partition coefficient (Wildman–Crippen LogP) is 4.84. The van der Waals surface area contributed by atoms with Crippen LogP contribution in [0.5, 0.6) is 0 Å². The third kappa shape index (κ3) is 3.62. The topological polar surface area (TPSA) is 46.9 Å². The number of aromatic nitrogens is 2. The molecule has 1 N–H and O–H groups in total. The number of amides is 1. The number of hydrogen-bond acceptors (Lipinski definition) is 2. The Bertz CT molecular complexity index is 1060. The van der Waals surface area contributed by atoms with E-state index in [1.165, 1.54) is 22.9 Å². The zero-order valence-corrected chi connectivity index (χ0v) is 15.2. The standard InChI is InChI=1S/C21H17F4N3O/c22-16-8-3-4-10-19(16)28-18-11-5-9-17(14(18)12-26-28)27-20(29)13-6-1-2-7-15(13)21(23,24)25/h1-4,6-8,10,12,17H,5,9,11H2,(H,27,29)/t17-/m0/s1. The fraction of sp³-hybridized carbons (Fsp3) is 0.238. The summed E-state index contributed by atoms with van der Waals surface area (Å²) in [6.07, 6.45) is -1.19. The number of para-hydroxylation sites is 1. The van der Waals surface area contributed by atoms with Gasteiger partial charge in [-0.2, -0.15) is 18.3 Å². The zero-order chi connectivity index (χ0) is 20.6.